The third kappa shape index (κ3) is 4.00. The van der Waals surface area contributed by atoms with E-state index in [-0.39, 0.29) is 5.41 Å². The van der Waals surface area contributed by atoms with Crippen LogP contribution in [0.25, 0.3) is 0 Å². The molecule has 0 N–H and O–H groups in total. The van der Waals surface area contributed by atoms with E-state index in [9.17, 15) is 0 Å². The SMILES string of the molecule is Cc1cccc(COCC23CCCOC2CCN(Cc2ccoc2)C3)n1. The molecule has 2 atom stereocenters. The molecule has 2 aliphatic rings. The summed E-state index contributed by atoms with van der Waals surface area (Å²) in [5, 5.41) is 0. The van der Waals surface area contributed by atoms with Crippen LogP contribution in [0, 0.1) is 12.3 Å². The summed E-state index contributed by atoms with van der Waals surface area (Å²) in [7, 11) is 0. The molecular formula is C21H28N2O3. The van der Waals surface area contributed by atoms with Crippen molar-refractivity contribution < 1.29 is 13.9 Å². The van der Waals surface area contributed by atoms with Gasteiger partial charge in [-0.15, -0.1) is 0 Å². The number of hydrogen-bond donors (Lipinski definition) is 0. The predicted molar refractivity (Wildman–Crippen MR) is 98.6 cm³/mol. The number of ether oxygens (including phenoxy) is 2. The van der Waals surface area contributed by atoms with Crippen molar-refractivity contribution in [2.24, 2.45) is 5.41 Å². The molecule has 0 radical (unpaired) electrons. The first-order chi connectivity index (χ1) is 12.7. The summed E-state index contributed by atoms with van der Waals surface area (Å²) >= 11 is 0. The van der Waals surface area contributed by atoms with Crippen LogP contribution in [-0.4, -0.2) is 42.3 Å². The van der Waals surface area contributed by atoms with Gasteiger partial charge in [-0.3, -0.25) is 9.88 Å². The number of furan rings is 1. The van der Waals surface area contributed by atoms with Gasteiger partial charge in [-0.25, -0.2) is 0 Å². The highest BCUT2D eigenvalue weighted by atomic mass is 16.5. The molecule has 4 rings (SSSR count). The van der Waals surface area contributed by atoms with Crippen LogP contribution >= 0.6 is 0 Å². The molecule has 0 spiro atoms. The fourth-order valence-electron chi connectivity index (χ4n) is 4.41. The highest BCUT2D eigenvalue weighted by molar-refractivity contribution is 5.09. The quantitative estimate of drug-likeness (QED) is 0.792. The number of piperidine rings is 1. The van der Waals surface area contributed by atoms with E-state index in [1.54, 1.807) is 6.26 Å². The summed E-state index contributed by atoms with van der Waals surface area (Å²) in [6.07, 6.45) is 7.25. The second-order valence-electron chi connectivity index (χ2n) is 7.72. The number of aromatic nitrogens is 1. The first-order valence-corrected chi connectivity index (χ1v) is 9.59. The van der Waals surface area contributed by atoms with Gasteiger partial charge in [0.2, 0.25) is 0 Å². The van der Waals surface area contributed by atoms with Crippen molar-refractivity contribution in [3.05, 3.63) is 53.7 Å². The molecule has 4 heterocycles. The van der Waals surface area contributed by atoms with Crippen LogP contribution in [0.4, 0.5) is 0 Å². The molecule has 0 saturated carbocycles. The number of likely N-dealkylation sites (tertiary alicyclic amines) is 1. The Kier molecular flexibility index (Phi) is 5.38. The topological polar surface area (TPSA) is 47.7 Å². The summed E-state index contributed by atoms with van der Waals surface area (Å²) in [6.45, 7) is 7.22. The van der Waals surface area contributed by atoms with Crippen LogP contribution in [-0.2, 0) is 22.6 Å². The van der Waals surface area contributed by atoms with E-state index in [1.807, 2.05) is 31.4 Å². The zero-order valence-electron chi connectivity index (χ0n) is 15.5. The van der Waals surface area contributed by atoms with E-state index in [0.717, 1.165) is 57.1 Å². The molecule has 0 aromatic carbocycles. The first-order valence-electron chi connectivity index (χ1n) is 9.59. The lowest BCUT2D eigenvalue weighted by molar-refractivity contribution is -0.156. The Morgan fingerprint density at radius 3 is 3.15 bits per heavy atom. The van der Waals surface area contributed by atoms with Gasteiger partial charge in [0.25, 0.3) is 0 Å². The zero-order valence-corrected chi connectivity index (χ0v) is 15.5. The van der Waals surface area contributed by atoms with Crippen LogP contribution in [0.3, 0.4) is 0 Å². The number of pyridine rings is 1. The normalized spacial score (nSPS) is 26.6. The molecule has 2 aliphatic heterocycles. The molecule has 2 unspecified atom stereocenters. The standard InChI is InChI=1S/C21H28N2O3/c1-17-4-2-5-19(22-17)14-25-16-21-8-3-10-26-20(21)6-9-23(15-21)12-18-7-11-24-13-18/h2,4-5,7,11,13,20H,3,6,8-10,12,14-16H2,1H3. The minimum atomic E-state index is 0.0874. The summed E-state index contributed by atoms with van der Waals surface area (Å²) < 4.78 is 17.5. The number of fused-ring (bicyclic) bond motifs is 1. The first kappa shape index (κ1) is 17.7. The number of rotatable bonds is 6. The monoisotopic (exact) mass is 356 g/mol. The summed E-state index contributed by atoms with van der Waals surface area (Å²) in [5.41, 5.74) is 3.36. The van der Waals surface area contributed by atoms with Crippen molar-refractivity contribution in [1.82, 2.24) is 9.88 Å². The average Bonchev–Trinajstić information content (AvgIpc) is 3.14. The molecule has 5 nitrogen and oxygen atoms in total. The maximum Gasteiger partial charge on any atom is 0.0947 e. The smallest absolute Gasteiger partial charge is 0.0947 e. The van der Waals surface area contributed by atoms with Gasteiger partial charge in [0.05, 0.1) is 37.5 Å². The number of hydrogen-bond acceptors (Lipinski definition) is 5. The van der Waals surface area contributed by atoms with Crippen LogP contribution in [0.15, 0.2) is 41.2 Å². The lowest BCUT2D eigenvalue weighted by Gasteiger charge is -2.50. The fraction of sp³-hybridized carbons (Fsp3) is 0.571. The third-order valence-electron chi connectivity index (χ3n) is 5.64. The largest absolute Gasteiger partial charge is 0.472 e. The molecule has 0 aliphatic carbocycles. The van der Waals surface area contributed by atoms with E-state index in [4.69, 9.17) is 13.9 Å². The average molecular weight is 356 g/mol. The van der Waals surface area contributed by atoms with Gasteiger partial charge in [0, 0.05) is 42.9 Å². The van der Waals surface area contributed by atoms with Gasteiger partial charge < -0.3 is 13.9 Å². The van der Waals surface area contributed by atoms with Crippen LogP contribution in [0.1, 0.15) is 36.2 Å². The van der Waals surface area contributed by atoms with Crippen LogP contribution in [0.2, 0.25) is 0 Å². The molecule has 0 bridgehead atoms. The van der Waals surface area contributed by atoms with Gasteiger partial charge in [-0.1, -0.05) is 6.07 Å². The molecular weight excluding hydrogens is 328 g/mol. The Labute approximate surface area is 155 Å². The van der Waals surface area contributed by atoms with Gasteiger partial charge >= 0.3 is 0 Å². The van der Waals surface area contributed by atoms with E-state index in [0.29, 0.717) is 12.7 Å². The van der Waals surface area contributed by atoms with Crippen LogP contribution in [0.5, 0.6) is 0 Å². The fourth-order valence-corrected chi connectivity index (χ4v) is 4.41. The van der Waals surface area contributed by atoms with Crippen molar-refractivity contribution in [2.75, 3.05) is 26.3 Å². The van der Waals surface area contributed by atoms with Crippen molar-refractivity contribution >= 4 is 0 Å². The van der Waals surface area contributed by atoms with E-state index >= 15 is 0 Å². The summed E-state index contributed by atoms with van der Waals surface area (Å²) in [5.74, 6) is 0. The Morgan fingerprint density at radius 2 is 2.31 bits per heavy atom. The minimum Gasteiger partial charge on any atom is -0.472 e. The highest BCUT2D eigenvalue weighted by Gasteiger charge is 2.46. The molecule has 5 heteroatoms. The van der Waals surface area contributed by atoms with Crippen molar-refractivity contribution in [3.63, 3.8) is 0 Å². The van der Waals surface area contributed by atoms with E-state index in [2.05, 4.69) is 16.0 Å². The van der Waals surface area contributed by atoms with Gasteiger partial charge in [-0.2, -0.15) is 0 Å². The molecule has 0 amide bonds. The zero-order chi connectivity index (χ0) is 17.8. The second kappa shape index (κ2) is 7.91. The highest BCUT2D eigenvalue weighted by Crippen LogP contribution is 2.41. The summed E-state index contributed by atoms with van der Waals surface area (Å²) in [4.78, 5) is 7.06. The van der Waals surface area contributed by atoms with Crippen molar-refractivity contribution in [1.29, 1.82) is 0 Å². The summed E-state index contributed by atoms with van der Waals surface area (Å²) in [6, 6.07) is 8.14. The van der Waals surface area contributed by atoms with Gasteiger partial charge in [-0.05, 0) is 44.4 Å². The maximum absolute atomic E-state index is 6.17. The van der Waals surface area contributed by atoms with Crippen molar-refractivity contribution in [3.8, 4) is 0 Å². The van der Waals surface area contributed by atoms with Gasteiger partial charge in [0.1, 0.15) is 0 Å². The maximum atomic E-state index is 6.17. The van der Waals surface area contributed by atoms with E-state index in [1.165, 1.54) is 12.0 Å². The van der Waals surface area contributed by atoms with Crippen LogP contribution < -0.4 is 0 Å². The molecule has 2 aromatic heterocycles. The molecule has 2 fully saturated rings. The predicted octanol–water partition coefficient (Wildman–Crippen LogP) is 3.57. The Balaban J connectivity index is 1.40. The van der Waals surface area contributed by atoms with E-state index < -0.39 is 0 Å². The number of aryl methyl sites for hydroxylation is 1. The second-order valence-corrected chi connectivity index (χ2v) is 7.72. The molecule has 2 aromatic rings. The Morgan fingerprint density at radius 1 is 1.35 bits per heavy atom. The molecule has 26 heavy (non-hydrogen) atoms. The lowest BCUT2D eigenvalue weighted by atomic mass is 9.73. The van der Waals surface area contributed by atoms with Crippen molar-refractivity contribution in [2.45, 2.75) is 45.4 Å². The molecule has 140 valence electrons. The third-order valence-corrected chi connectivity index (χ3v) is 5.64. The number of nitrogens with zero attached hydrogens (tertiary/aromatic N) is 2. The molecule has 2 saturated heterocycles. The lowest BCUT2D eigenvalue weighted by Crippen LogP contribution is -2.56. The Hall–Kier alpha value is -1.69. The van der Waals surface area contributed by atoms with Gasteiger partial charge in [0.15, 0.2) is 0 Å². The minimum absolute atomic E-state index is 0.0874. The Bertz CT molecular complexity index is 703.